The molecule has 0 radical (unpaired) electrons. The number of nitrogens with zero attached hydrogens (tertiary/aromatic N) is 2. The lowest BCUT2D eigenvalue weighted by molar-refractivity contribution is -0.111. The van der Waals surface area contributed by atoms with Gasteiger partial charge >= 0.3 is 0 Å². The SMILES string of the molecule is O=C(/C=C/c1cnn(-c2ccccc2)c1)Nc1cc2c(cc1Cl)OCCO2. The number of benzene rings is 2. The summed E-state index contributed by atoms with van der Waals surface area (Å²) in [4.78, 5) is 12.2. The second kappa shape index (κ2) is 7.55. The largest absolute Gasteiger partial charge is 0.486 e. The van der Waals surface area contributed by atoms with Gasteiger partial charge in [-0.1, -0.05) is 29.8 Å². The Morgan fingerprint density at radius 2 is 1.89 bits per heavy atom. The van der Waals surface area contributed by atoms with Crippen molar-refractivity contribution in [2.24, 2.45) is 0 Å². The first kappa shape index (κ1) is 17.2. The molecule has 1 aromatic heterocycles. The maximum absolute atomic E-state index is 12.2. The average molecular weight is 382 g/mol. The van der Waals surface area contributed by atoms with E-state index in [0.29, 0.717) is 35.4 Å². The third-order valence-corrected chi connectivity index (χ3v) is 4.25. The first-order valence-electron chi connectivity index (χ1n) is 8.37. The molecule has 0 unspecified atom stereocenters. The number of nitrogens with one attached hydrogen (secondary N) is 1. The van der Waals surface area contributed by atoms with Crippen LogP contribution in [0.2, 0.25) is 5.02 Å². The smallest absolute Gasteiger partial charge is 0.248 e. The van der Waals surface area contributed by atoms with Crippen molar-refractivity contribution in [3.05, 3.63) is 71.5 Å². The van der Waals surface area contributed by atoms with Crippen LogP contribution in [-0.2, 0) is 4.79 Å². The fourth-order valence-electron chi connectivity index (χ4n) is 2.65. The highest BCUT2D eigenvalue weighted by Gasteiger charge is 2.15. The third-order valence-electron chi connectivity index (χ3n) is 3.94. The van der Waals surface area contributed by atoms with Gasteiger partial charge in [-0.15, -0.1) is 0 Å². The highest BCUT2D eigenvalue weighted by atomic mass is 35.5. The Morgan fingerprint density at radius 3 is 2.67 bits per heavy atom. The van der Waals surface area contributed by atoms with Crippen molar-refractivity contribution in [2.75, 3.05) is 18.5 Å². The predicted molar refractivity (Wildman–Crippen MR) is 104 cm³/mol. The van der Waals surface area contributed by atoms with Crippen LogP contribution in [0.1, 0.15) is 5.56 Å². The molecule has 0 saturated carbocycles. The van der Waals surface area contributed by atoms with E-state index in [1.807, 2.05) is 36.5 Å². The van der Waals surface area contributed by atoms with E-state index in [1.165, 1.54) is 6.08 Å². The molecule has 27 heavy (non-hydrogen) atoms. The molecule has 4 rings (SSSR count). The van der Waals surface area contributed by atoms with Gasteiger partial charge in [0.05, 0.1) is 22.6 Å². The molecular formula is C20H16ClN3O3. The van der Waals surface area contributed by atoms with Crippen molar-refractivity contribution in [3.8, 4) is 17.2 Å². The lowest BCUT2D eigenvalue weighted by Crippen LogP contribution is -2.16. The highest BCUT2D eigenvalue weighted by Crippen LogP contribution is 2.37. The molecule has 0 saturated heterocycles. The normalized spacial score (nSPS) is 12.9. The minimum Gasteiger partial charge on any atom is -0.486 e. The first-order chi connectivity index (χ1) is 13.2. The number of carbonyl (C=O) groups excluding carboxylic acids is 1. The van der Waals surface area contributed by atoms with E-state index in [9.17, 15) is 4.79 Å². The van der Waals surface area contributed by atoms with Crippen molar-refractivity contribution in [1.29, 1.82) is 0 Å². The van der Waals surface area contributed by atoms with Gasteiger partial charge in [0.2, 0.25) is 5.91 Å². The van der Waals surface area contributed by atoms with Crippen LogP contribution in [-0.4, -0.2) is 28.9 Å². The van der Waals surface area contributed by atoms with Crippen LogP contribution in [0.3, 0.4) is 0 Å². The molecule has 1 N–H and O–H groups in total. The van der Waals surface area contributed by atoms with Gasteiger partial charge in [0.1, 0.15) is 13.2 Å². The molecular weight excluding hydrogens is 366 g/mol. The molecule has 0 fully saturated rings. The molecule has 2 heterocycles. The summed E-state index contributed by atoms with van der Waals surface area (Å²) in [5, 5.41) is 7.43. The maximum atomic E-state index is 12.2. The number of halogens is 1. The van der Waals surface area contributed by atoms with Gasteiger partial charge < -0.3 is 14.8 Å². The van der Waals surface area contributed by atoms with Gasteiger partial charge in [0.15, 0.2) is 11.5 Å². The molecule has 1 amide bonds. The van der Waals surface area contributed by atoms with Gasteiger partial charge in [0.25, 0.3) is 0 Å². The van der Waals surface area contributed by atoms with E-state index in [-0.39, 0.29) is 5.91 Å². The number of hydrogen-bond acceptors (Lipinski definition) is 4. The van der Waals surface area contributed by atoms with Crippen LogP contribution in [0.5, 0.6) is 11.5 Å². The Morgan fingerprint density at radius 1 is 1.15 bits per heavy atom. The molecule has 3 aromatic rings. The summed E-state index contributed by atoms with van der Waals surface area (Å²) in [6.07, 6.45) is 6.65. The molecule has 0 spiro atoms. The van der Waals surface area contributed by atoms with Gasteiger partial charge in [-0.25, -0.2) is 4.68 Å². The van der Waals surface area contributed by atoms with Crippen LogP contribution < -0.4 is 14.8 Å². The van der Waals surface area contributed by atoms with E-state index < -0.39 is 0 Å². The molecule has 1 aliphatic heterocycles. The lowest BCUT2D eigenvalue weighted by Gasteiger charge is -2.19. The van der Waals surface area contributed by atoms with Crippen LogP contribution in [0.25, 0.3) is 11.8 Å². The molecule has 2 aromatic carbocycles. The van der Waals surface area contributed by atoms with E-state index in [1.54, 1.807) is 29.1 Å². The number of ether oxygens (including phenoxy) is 2. The average Bonchev–Trinajstić information content (AvgIpc) is 3.17. The molecule has 136 valence electrons. The topological polar surface area (TPSA) is 65.4 Å². The van der Waals surface area contributed by atoms with Crippen LogP contribution >= 0.6 is 11.6 Å². The van der Waals surface area contributed by atoms with E-state index in [4.69, 9.17) is 21.1 Å². The van der Waals surface area contributed by atoms with Crippen LogP contribution in [0.4, 0.5) is 5.69 Å². The lowest BCUT2D eigenvalue weighted by atomic mass is 10.2. The molecule has 0 atom stereocenters. The first-order valence-corrected chi connectivity index (χ1v) is 8.75. The number of carbonyl (C=O) groups is 1. The minimum atomic E-state index is -0.305. The number of hydrogen-bond donors (Lipinski definition) is 1. The number of amides is 1. The molecule has 0 bridgehead atoms. The highest BCUT2D eigenvalue weighted by molar-refractivity contribution is 6.34. The Bertz CT molecular complexity index is 999. The number of aromatic nitrogens is 2. The molecule has 0 aliphatic carbocycles. The van der Waals surface area contributed by atoms with E-state index in [0.717, 1.165) is 11.3 Å². The molecule has 6 nitrogen and oxygen atoms in total. The Hall–Kier alpha value is -3.25. The van der Waals surface area contributed by atoms with E-state index in [2.05, 4.69) is 10.4 Å². The van der Waals surface area contributed by atoms with Gasteiger partial charge in [0, 0.05) is 30.0 Å². The maximum Gasteiger partial charge on any atom is 0.248 e. The van der Waals surface area contributed by atoms with Gasteiger partial charge in [-0.3, -0.25) is 4.79 Å². The van der Waals surface area contributed by atoms with Gasteiger partial charge in [-0.05, 0) is 18.2 Å². The zero-order chi connectivity index (χ0) is 18.6. The summed E-state index contributed by atoms with van der Waals surface area (Å²) < 4.78 is 12.7. The second-order valence-electron chi connectivity index (χ2n) is 5.85. The number of fused-ring (bicyclic) bond motifs is 1. The van der Waals surface area contributed by atoms with Crippen molar-refractivity contribution in [2.45, 2.75) is 0 Å². The molecule has 7 heteroatoms. The Labute approximate surface area is 161 Å². The fourth-order valence-corrected chi connectivity index (χ4v) is 2.85. The number of anilines is 1. The predicted octanol–water partition coefficient (Wildman–Crippen LogP) is 3.95. The van der Waals surface area contributed by atoms with E-state index >= 15 is 0 Å². The summed E-state index contributed by atoms with van der Waals surface area (Å²) in [7, 11) is 0. The Balaban J connectivity index is 1.45. The van der Waals surface area contributed by atoms with Crippen molar-refractivity contribution < 1.29 is 14.3 Å². The summed E-state index contributed by atoms with van der Waals surface area (Å²) >= 11 is 6.21. The third kappa shape index (κ3) is 3.96. The zero-order valence-electron chi connectivity index (χ0n) is 14.3. The molecule has 1 aliphatic rings. The van der Waals surface area contributed by atoms with Crippen molar-refractivity contribution >= 4 is 29.3 Å². The Kier molecular flexibility index (Phi) is 4.80. The summed E-state index contributed by atoms with van der Waals surface area (Å²) in [5.41, 5.74) is 2.22. The number of rotatable bonds is 4. The fraction of sp³-hybridized carbons (Fsp3) is 0.100. The quantitative estimate of drug-likeness (QED) is 0.695. The summed E-state index contributed by atoms with van der Waals surface area (Å²) in [6.45, 7) is 0.946. The van der Waals surface area contributed by atoms with Crippen molar-refractivity contribution in [1.82, 2.24) is 9.78 Å². The van der Waals surface area contributed by atoms with Crippen LogP contribution in [0, 0.1) is 0 Å². The second-order valence-corrected chi connectivity index (χ2v) is 6.26. The number of para-hydroxylation sites is 1. The zero-order valence-corrected chi connectivity index (χ0v) is 15.0. The minimum absolute atomic E-state index is 0.305. The standard InChI is InChI=1S/C20H16ClN3O3/c21-16-10-18-19(27-9-8-26-18)11-17(16)23-20(25)7-6-14-12-22-24(13-14)15-4-2-1-3-5-15/h1-7,10-13H,8-9H2,(H,23,25)/b7-6+. The monoisotopic (exact) mass is 381 g/mol. The summed E-state index contributed by atoms with van der Waals surface area (Å²) in [5.74, 6) is 0.836. The van der Waals surface area contributed by atoms with Gasteiger partial charge in [-0.2, -0.15) is 5.10 Å². The van der Waals surface area contributed by atoms with Crippen LogP contribution in [0.15, 0.2) is 60.9 Å². The van der Waals surface area contributed by atoms with Crippen molar-refractivity contribution in [3.63, 3.8) is 0 Å². The summed E-state index contributed by atoms with van der Waals surface area (Å²) in [6, 6.07) is 13.0.